The third kappa shape index (κ3) is 4.82. The molecule has 2 atom stereocenters. The van der Waals surface area contributed by atoms with E-state index in [1.165, 1.54) is 5.56 Å². The zero-order valence-electron chi connectivity index (χ0n) is 18.9. The smallest absolute Gasteiger partial charge is 0.230 e. The van der Waals surface area contributed by atoms with Crippen molar-refractivity contribution in [2.75, 3.05) is 36.5 Å². The number of anilines is 2. The van der Waals surface area contributed by atoms with Crippen molar-refractivity contribution in [3.63, 3.8) is 0 Å². The number of fused-ring (bicyclic) bond motifs is 1. The molecule has 1 fully saturated rings. The van der Waals surface area contributed by atoms with Crippen LogP contribution in [-0.4, -0.2) is 49.4 Å². The van der Waals surface area contributed by atoms with E-state index in [9.17, 15) is 9.59 Å². The molecule has 1 saturated carbocycles. The Labute approximate surface area is 176 Å². The van der Waals surface area contributed by atoms with Gasteiger partial charge < -0.3 is 14.7 Å². The van der Waals surface area contributed by atoms with E-state index in [0.717, 1.165) is 43.7 Å². The van der Waals surface area contributed by atoms with E-state index in [2.05, 4.69) is 50.9 Å². The quantitative estimate of drug-likeness (QED) is 0.688. The van der Waals surface area contributed by atoms with Crippen molar-refractivity contribution in [1.82, 2.24) is 4.90 Å². The fourth-order valence-electron chi connectivity index (χ4n) is 4.68. The summed E-state index contributed by atoms with van der Waals surface area (Å²) in [5, 5.41) is 0. The minimum Gasteiger partial charge on any atom is -0.308 e. The molecule has 0 saturated heterocycles. The first-order chi connectivity index (χ1) is 13.7. The van der Waals surface area contributed by atoms with E-state index in [4.69, 9.17) is 0 Å². The molecule has 0 aromatic heterocycles. The number of nitrogens with zero attached hydrogens (tertiary/aromatic N) is 3. The Kier molecular flexibility index (Phi) is 6.67. The maximum atomic E-state index is 13.0. The lowest BCUT2D eigenvalue weighted by Gasteiger charge is -2.41. The number of hydrogen-bond donors (Lipinski definition) is 0. The lowest BCUT2D eigenvalue weighted by Crippen LogP contribution is -2.51. The van der Waals surface area contributed by atoms with E-state index < -0.39 is 0 Å². The number of rotatable bonds is 7. The predicted molar refractivity (Wildman–Crippen MR) is 120 cm³/mol. The molecule has 1 heterocycles. The number of likely N-dealkylation sites (N-methyl/N-ethyl adjacent to an activating group) is 1. The van der Waals surface area contributed by atoms with Crippen LogP contribution in [0.3, 0.4) is 0 Å². The Morgan fingerprint density at radius 1 is 1.17 bits per heavy atom. The molecule has 5 heteroatoms. The standard InChI is InChI=1S/C24H37N3O2/c1-7-19(15-25(6)13-16(2)3)21-10-11-22-23(12-21)26(24(29)20-8-9-20)14-17(4)27(22)18(5)28/h10-12,16-17,19-20H,7-9,13-15H2,1-6H3. The number of carbonyl (C=O) groups is 2. The molecule has 2 unspecified atom stereocenters. The normalized spacial score (nSPS) is 20.2. The monoisotopic (exact) mass is 399 g/mol. The highest BCUT2D eigenvalue weighted by Crippen LogP contribution is 2.41. The molecule has 1 aliphatic heterocycles. The molecule has 1 aliphatic carbocycles. The van der Waals surface area contributed by atoms with Crippen LogP contribution in [-0.2, 0) is 9.59 Å². The summed E-state index contributed by atoms with van der Waals surface area (Å²) in [6.45, 7) is 13.0. The van der Waals surface area contributed by atoms with E-state index in [1.807, 2.05) is 16.7 Å². The highest BCUT2D eigenvalue weighted by atomic mass is 16.2. The van der Waals surface area contributed by atoms with Gasteiger partial charge in [-0.2, -0.15) is 0 Å². The minimum absolute atomic E-state index is 0.00676. The average molecular weight is 400 g/mol. The fraction of sp³-hybridized carbons (Fsp3) is 0.667. The van der Waals surface area contributed by atoms with Crippen LogP contribution in [0.15, 0.2) is 18.2 Å². The molecule has 0 N–H and O–H groups in total. The van der Waals surface area contributed by atoms with Gasteiger partial charge in [-0.3, -0.25) is 9.59 Å². The summed E-state index contributed by atoms with van der Waals surface area (Å²) in [5.41, 5.74) is 3.05. The summed E-state index contributed by atoms with van der Waals surface area (Å²) < 4.78 is 0. The second-order valence-corrected chi connectivity index (χ2v) is 9.43. The fourth-order valence-corrected chi connectivity index (χ4v) is 4.68. The highest BCUT2D eigenvalue weighted by Gasteiger charge is 2.39. The average Bonchev–Trinajstić information content (AvgIpc) is 3.48. The van der Waals surface area contributed by atoms with Gasteiger partial charge in [0.05, 0.1) is 17.4 Å². The molecule has 5 nitrogen and oxygen atoms in total. The van der Waals surface area contributed by atoms with Crippen molar-refractivity contribution in [1.29, 1.82) is 0 Å². The number of hydrogen-bond acceptors (Lipinski definition) is 3. The van der Waals surface area contributed by atoms with Gasteiger partial charge in [0.1, 0.15) is 0 Å². The number of amides is 2. The first-order valence-corrected chi connectivity index (χ1v) is 11.2. The first kappa shape index (κ1) is 21.8. The zero-order chi connectivity index (χ0) is 21.3. The van der Waals surface area contributed by atoms with Gasteiger partial charge in [-0.15, -0.1) is 0 Å². The van der Waals surface area contributed by atoms with Crippen LogP contribution < -0.4 is 9.80 Å². The summed E-state index contributed by atoms with van der Waals surface area (Å²) in [7, 11) is 2.18. The molecule has 2 aliphatic rings. The van der Waals surface area contributed by atoms with Gasteiger partial charge in [0.2, 0.25) is 11.8 Å². The second kappa shape index (κ2) is 8.86. The molecular formula is C24H37N3O2. The van der Waals surface area contributed by atoms with Crippen molar-refractivity contribution < 1.29 is 9.59 Å². The van der Waals surface area contributed by atoms with Gasteiger partial charge in [-0.1, -0.05) is 26.8 Å². The third-order valence-corrected chi connectivity index (χ3v) is 6.14. The van der Waals surface area contributed by atoms with Crippen LogP contribution in [0.5, 0.6) is 0 Å². The van der Waals surface area contributed by atoms with Gasteiger partial charge in [-0.25, -0.2) is 0 Å². The van der Waals surface area contributed by atoms with E-state index in [0.29, 0.717) is 18.4 Å². The molecule has 0 bridgehead atoms. The van der Waals surface area contributed by atoms with E-state index in [-0.39, 0.29) is 23.8 Å². The van der Waals surface area contributed by atoms with Crippen LogP contribution in [0.4, 0.5) is 11.4 Å². The van der Waals surface area contributed by atoms with Crippen molar-refractivity contribution in [2.24, 2.45) is 11.8 Å². The molecule has 1 aromatic rings. The maximum Gasteiger partial charge on any atom is 0.230 e. The Hall–Kier alpha value is -1.88. The maximum absolute atomic E-state index is 13.0. The molecular weight excluding hydrogens is 362 g/mol. The van der Waals surface area contributed by atoms with Gasteiger partial charge in [0.25, 0.3) is 0 Å². The van der Waals surface area contributed by atoms with Crippen LogP contribution >= 0.6 is 0 Å². The predicted octanol–water partition coefficient (Wildman–Crippen LogP) is 4.27. The topological polar surface area (TPSA) is 43.9 Å². The second-order valence-electron chi connectivity index (χ2n) is 9.43. The van der Waals surface area contributed by atoms with Crippen LogP contribution in [0.2, 0.25) is 0 Å². The minimum atomic E-state index is -0.00676. The number of carbonyl (C=O) groups excluding carboxylic acids is 2. The van der Waals surface area contributed by atoms with Gasteiger partial charge in [0, 0.05) is 32.5 Å². The Bertz CT molecular complexity index is 756. The van der Waals surface area contributed by atoms with Crippen molar-refractivity contribution in [2.45, 2.75) is 65.8 Å². The third-order valence-electron chi connectivity index (χ3n) is 6.14. The summed E-state index contributed by atoms with van der Waals surface area (Å²) in [4.78, 5) is 31.5. The Morgan fingerprint density at radius 2 is 1.86 bits per heavy atom. The summed E-state index contributed by atoms with van der Waals surface area (Å²) in [5.74, 6) is 1.48. The molecule has 1 aromatic carbocycles. The summed E-state index contributed by atoms with van der Waals surface area (Å²) in [6.07, 6.45) is 3.03. The van der Waals surface area contributed by atoms with Gasteiger partial charge in [0.15, 0.2) is 0 Å². The molecule has 0 spiro atoms. The zero-order valence-corrected chi connectivity index (χ0v) is 18.9. The SMILES string of the molecule is CCC(CN(C)CC(C)C)c1ccc2c(c1)N(C(=O)C1CC1)CC(C)N2C(C)=O. The molecule has 0 radical (unpaired) electrons. The first-order valence-electron chi connectivity index (χ1n) is 11.2. The molecule has 2 amide bonds. The van der Waals surface area contributed by atoms with E-state index >= 15 is 0 Å². The van der Waals surface area contributed by atoms with Gasteiger partial charge in [-0.05, 0) is 62.8 Å². The van der Waals surface area contributed by atoms with Crippen molar-refractivity contribution >= 4 is 23.2 Å². The van der Waals surface area contributed by atoms with Crippen LogP contribution in [0.1, 0.15) is 65.4 Å². The Morgan fingerprint density at radius 3 is 2.41 bits per heavy atom. The van der Waals surface area contributed by atoms with Crippen molar-refractivity contribution in [3.8, 4) is 0 Å². The molecule has 160 valence electrons. The largest absolute Gasteiger partial charge is 0.308 e. The summed E-state index contributed by atoms with van der Waals surface area (Å²) >= 11 is 0. The lowest BCUT2D eigenvalue weighted by atomic mass is 9.93. The molecule has 3 rings (SSSR count). The summed E-state index contributed by atoms with van der Waals surface area (Å²) in [6, 6.07) is 6.38. The van der Waals surface area contributed by atoms with Crippen LogP contribution in [0, 0.1) is 11.8 Å². The Balaban J connectivity index is 1.95. The molecule has 29 heavy (non-hydrogen) atoms. The van der Waals surface area contributed by atoms with Gasteiger partial charge >= 0.3 is 0 Å². The van der Waals surface area contributed by atoms with Crippen molar-refractivity contribution in [3.05, 3.63) is 23.8 Å². The lowest BCUT2D eigenvalue weighted by molar-refractivity contribution is -0.120. The van der Waals surface area contributed by atoms with Crippen LogP contribution in [0.25, 0.3) is 0 Å². The highest BCUT2D eigenvalue weighted by molar-refractivity contribution is 6.05. The van der Waals surface area contributed by atoms with E-state index in [1.54, 1.807) is 6.92 Å². The number of benzene rings is 1.